The summed E-state index contributed by atoms with van der Waals surface area (Å²) < 4.78 is 7.04. The number of nitrogens with one attached hydrogen (secondary N) is 2. The van der Waals surface area contributed by atoms with Gasteiger partial charge in [-0.1, -0.05) is 18.2 Å². The van der Waals surface area contributed by atoms with Crippen LogP contribution in [0.25, 0.3) is 16.9 Å². The Labute approximate surface area is 185 Å². The highest BCUT2D eigenvalue weighted by Crippen LogP contribution is 2.27. The third-order valence-electron chi connectivity index (χ3n) is 5.20. The number of benzene rings is 2. The number of aryl methyl sites for hydroxylation is 1. The van der Waals surface area contributed by atoms with E-state index < -0.39 is 0 Å². The molecule has 2 N–H and O–H groups in total. The molecule has 0 aliphatic rings. The van der Waals surface area contributed by atoms with Gasteiger partial charge in [0.15, 0.2) is 0 Å². The first kappa shape index (κ1) is 21.0. The second-order valence-corrected chi connectivity index (χ2v) is 7.33. The van der Waals surface area contributed by atoms with Crippen molar-refractivity contribution >= 4 is 11.6 Å². The Kier molecular flexibility index (Phi) is 5.85. The molecule has 4 rings (SSSR count). The molecule has 8 nitrogen and oxygen atoms in total. The molecule has 0 radical (unpaired) electrons. The number of H-pyrrole nitrogens is 1. The molecular weight excluding hydrogens is 404 g/mol. The average Bonchev–Trinajstić information content (AvgIpc) is 3.42. The van der Waals surface area contributed by atoms with Gasteiger partial charge >= 0.3 is 0 Å². The van der Waals surface area contributed by atoms with E-state index in [2.05, 4.69) is 25.8 Å². The van der Waals surface area contributed by atoms with Gasteiger partial charge in [-0.25, -0.2) is 10.1 Å². The predicted molar refractivity (Wildman–Crippen MR) is 123 cm³/mol. The molecule has 2 aromatic carbocycles. The van der Waals surface area contributed by atoms with E-state index >= 15 is 0 Å². The average molecular weight is 428 g/mol. The Bertz CT molecular complexity index is 1270. The first-order chi connectivity index (χ1) is 15.5. The minimum Gasteiger partial charge on any atom is -0.497 e. The highest BCUT2D eigenvalue weighted by atomic mass is 16.5. The third-order valence-corrected chi connectivity index (χ3v) is 5.20. The van der Waals surface area contributed by atoms with Crippen molar-refractivity contribution in [2.24, 2.45) is 5.10 Å². The molecule has 0 atom stereocenters. The van der Waals surface area contributed by atoms with E-state index in [9.17, 15) is 4.79 Å². The van der Waals surface area contributed by atoms with Crippen molar-refractivity contribution in [3.63, 3.8) is 0 Å². The molecular formula is C24H24N6O2. The van der Waals surface area contributed by atoms with Gasteiger partial charge in [-0.05, 0) is 68.8 Å². The van der Waals surface area contributed by atoms with Gasteiger partial charge in [0.1, 0.15) is 11.4 Å². The van der Waals surface area contributed by atoms with Crippen molar-refractivity contribution in [2.45, 2.75) is 20.8 Å². The number of rotatable bonds is 6. The van der Waals surface area contributed by atoms with E-state index in [4.69, 9.17) is 4.74 Å². The summed E-state index contributed by atoms with van der Waals surface area (Å²) in [4.78, 5) is 12.6. The van der Waals surface area contributed by atoms with Gasteiger partial charge in [-0.15, -0.1) is 0 Å². The Morgan fingerprint density at radius 2 is 1.81 bits per heavy atom. The van der Waals surface area contributed by atoms with Gasteiger partial charge in [-0.2, -0.15) is 15.3 Å². The van der Waals surface area contributed by atoms with E-state index in [0.717, 1.165) is 34.0 Å². The number of hydrogen-bond acceptors (Lipinski definition) is 5. The van der Waals surface area contributed by atoms with Crippen molar-refractivity contribution in [3.8, 4) is 22.7 Å². The highest BCUT2D eigenvalue weighted by Gasteiger charge is 2.19. The molecule has 0 unspecified atom stereocenters. The summed E-state index contributed by atoms with van der Waals surface area (Å²) in [5.74, 6) is 0.388. The summed E-state index contributed by atoms with van der Waals surface area (Å²) in [5, 5.41) is 16.0. The SMILES string of the molecule is COc1ccc(/C(C)=N/NC(=O)c2cc(-c3c(C)nn(-c4ccccc4)c3C)n[nH]2)cc1. The monoisotopic (exact) mass is 428 g/mol. The van der Waals surface area contributed by atoms with Gasteiger partial charge in [0.05, 0.1) is 35.6 Å². The van der Waals surface area contributed by atoms with E-state index in [1.54, 1.807) is 13.2 Å². The zero-order valence-electron chi connectivity index (χ0n) is 18.4. The number of aromatic amines is 1. The molecule has 0 saturated heterocycles. The van der Waals surface area contributed by atoms with Crippen LogP contribution in [0, 0.1) is 13.8 Å². The summed E-state index contributed by atoms with van der Waals surface area (Å²) >= 11 is 0. The molecule has 0 aliphatic carbocycles. The molecule has 0 bridgehead atoms. The van der Waals surface area contributed by atoms with Crippen molar-refractivity contribution in [1.29, 1.82) is 0 Å². The summed E-state index contributed by atoms with van der Waals surface area (Å²) in [7, 11) is 1.62. The maximum Gasteiger partial charge on any atom is 0.289 e. The summed E-state index contributed by atoms with van der Waals surface area (Å²) in [6.45, 7) is 5.74. The van der Waals surface area contributed by atoms with E-state index in [-0.39, 0.29) is 5.91 Å². The zero-order valence-corrected chi connectivity index (χ0v) is 18.4. The van der Waals surface area contributed by atoms with Crippen LogP contribution in [0.5, 0.6) is 5.75 Å². The second-order valence-electron chi connectivity index (χ2n) is 7.33. The number of ether oxygens (including phenoxy) is 1. The van der Waals surface area contributed by atoms with Crippen LogP contribution in [-0.2, 0) is 0 Å². The lowest BCUT2D eigenvalue weighted by Gasteiger charge is -2.04. The van der Waals surface area contributed by atoms with Crippen molar-refractivity contribution in [1.82, 2.24) is 25.4 Å². The molecule has 8 heteroatoms. The Morgan fingerprint density at radius 3 is 2.50 bits per heavy atom. The molecule has 0 saturated carbocycles. The van der Waals surface area contributed by atoms with Crippen LogP contribution in [0.2, 0.25) is 0 Å². The lowest BCUT2D eigenvalue weighted by molar-refractivity contribution is 0.0950. The summed E-state index contributed by atoms with van der Waals surface area (Å²) in [5.41, 5.74) is 8.75. The van der Waals surface area contributed by atoms with E-state index in [0.29, 0.717) is 17.1 Å². The van der Waals surface area contributed by atoms with Crippen LogP contribution >= 0.6 is 0 Å². The first-order valence-electron chi connectivity index (χ1n) is 10.1. The van der Waals surface area contributed by atoms with Crippen LogP contribution in [0.15, 0.2) is 65.8 Å². The topological polar surface area (TPSA) is 97.2 Å². The fourth-order valence-electron chi connectivity index (χ4n) is 3.49. The van der Waals surface area contributed by atoms with E-state index in [1.165, 1.54) is 0 Å². The molecule has 2 heterocycles. The number of amides is 1. The molecule has 162 valence electrons. The number of methoxy groups -OCH3 is 1. The van der Waals surface area contributed by atoms with Crippen LogP contribution in [-0.4, -0.2) is 38.7 Å². The second kappa shape index (κ2) is 8.89. The predicted octanol–water partition coefficient (Wildman–Crippen LogP) is 4.04. The fraction of sp³-hybridized carbons (Fsp3) is 0.167. The van der Waals surface area contributed by atoms with E-state index in [1.807, 2.05) is 80.1 Å². The van der Waals surface area contributed by atoms with Crippen molar-refractivity contribution < 1.29 is 9.53 Å². The first-order valence-corrected chi connectivity index (χ1v) is 10.1. The largest absolute Gasteiger partial charge is 0.497 e. The van der Waals surface area contributed by atoms with Crippen molar-refractivity contribution in [2.75, 3.05) is 7.11 Å². The molecule has 0 spiro atoms. The quantitative estimate of drug-likeness (QED) is 0.358. The summed E-state index contributed by atoms with van der Waals surface area (Å²) in [6, 6.07) is 19.1. The lowest BCUT2D eigenvalue weighted by atomic mass is 10.1. The fourth-order valence-corrected chi connectivity index (χ4v) is 3.49. The third kappa shape index (κ3) is 4.15. The minimum absolute atomic E-state index is 0.317. The smallest absolute Gasteiger partial charge is 0.289 e. The van der Waals surface area contributed by atoms with Crippen LogP contribution in [0.3, 0.4) is 0 Å². The number of carbonyl (C=O) groups excluding carboxylic acids is 1. The summed E-state index contributed by atoms with van der Waals surface area (Å²) in [6.07, 6.45) is 0. The van der Waals surface area contributed by atoms with Gasteiger partial charge in [0.25, 0.3) is 5.91 Å². The molecule has 2 aromatic heterocycles. The maximum atomic E-state index is 12.6. The number of nitrogens with zero attached hydrogens (tertiary/aromatic N) is 4. The minimum atomic E-state index is -0.373. The standard InChI is InChI=1S/C24H24N6O2/c1-15(18-10-12-20(32-4)13-11-18)25-28-24(31)22-14-21(26-27-22)23-16(2)29-30(17(23)3)19-8-6-5-7-9-19/h5-14H,1-4H3,(H,26,27)(H,28,31)/b25-15+. The Morgan fingerprint density at radius 1 is 1.09 bits per heavy atom. The molecule has 4 aromatic rings. The molecule has 1 amide bonds. The normalized spacial score (nSPS) is 11.4. The van der Waals surface area contributed by atoms with Gasteiger partial charge in [0, 0.05) is 5.56 Å². The van der Waals surface area contributed by atoms with Crippen LogP contribution in [0.1, 0.15) is 34.4 Å². The zero-order chi connectivity index (χ0) is 22.7. The number of carbonyl (C=O) groups is 1. The van der Waals surface area contributed by atoms with Gasteiger partial charge < -0.3 is 4.74 Å². The molecule has 0 aliphatic heterocycles. The maximum absolute atomic E-state index is 12.6. The number of hydrazone groups is 1. The molecule has 32 heavy (non-hydrogen) atoms. The lowest BCUT2D eigenvalue weighted by Crippen LogP contribution is -2.19. The van der Waals surface area contributed by atoms with Crippen molar-refractivity contribution in [3.05, 3.63) is 83.3 Å². The molecule has 0 fully saturated rings. The number of aromatic nitrogens is 4. The Balaban J connectivity index is 1.52. The highest BCUT2D eigenvalue weighted by molar-refractivity contribution is 6.00. The Hall–Kier alpha value is -4.20. The van der Waals surface area contributed by atoms with Crippen LogP contribution in [0.4, 0.5) is 0 Å². The number of hydrogen-bond donors (Lipinski definition) is 2. The van der Waals surface area contributed by atoms with Gasteiger partial charge in [-0.3, -0.25) is 9.89 Å². The number of para-hydroxylation sites is 1. The van der Waals surface area contributed by atoms with Gasteiger partial charge in [0.2, 0.25) is 0 Å². The van der Waals surface area contributed by atoms with Crippen LogP contribution < -0.4 is 10.2 Å².